The molecule has 0 aliphatic rings. The minimum Gasteiger partial charge on any atom is -0.376 e. The van der Waals surface area contributed by atoms with Crippen molar-refractivity contribution >= 4 is 29.1 Å². The predicted octanol–water partition coefficient (Wildman–Crippen LogP) is 3.24. The highest BCUT2D eigenvalue weighted by atomic mass is 32.1. The van der Waals surface area contributed by atoms with Crippen LogP contribution in [0.3, 0.4) is 0 Å². The number of thiophene rings is 1. The summed E-state index contributed by atoms with van der Waals surface area (Å²) in [6.45, 7) is 6.34. The van der Waals surface area contributed by atoms with Crippen molar-refractivity contribution in [2.45, 2.75) is 20.8 Å². The lowest BCUT2D eigenvalue weighted by Crippen LogP contribution is -2.26. The molecule has 0 fully saturated rings. The smallest absolute Gasteiger partial charge is 0.259 e. The molecule has 2 N–H and O–H groups in total. The van der Waals surface area contributed by atoms with E-state index in [-0.39, 0.29) is 12.5 Å². The number of rotatable bonds is 5. The summed E-state index contributed by atoms with van der Waals surface area (Å²) in [6.07, 6.45) is 1.64. The summed E-state index contributed by atoms with van der Waals surface area (Å²) < 4.78 is 0. The number of anilines is 1. The van der Waals surface area contributed by atoms with Crippen LogP contribution in [0.15, 0.2) is 34.1 Å². The Hall–Kier alpha value is -2.14. The van der Waals surface area contributed by atoms with E-state index in [1.807, 2.05) is 30.7 Å². The average Bonchev–Trinajstić information content (AvgIpc) is 2.90. The van der Waals surface area contributed by atoms with Crippen LogP contribution < -0.4 is 10.7 Å². The van der Waals surface area contributed by atoms with Gasteiger partial charge in [0.1, 0.15) is 0 Å². The van der Waals surface area contributed by atoms with Gasteiger partial charge in [0, 0.05) is 11.3 Å². The number of hydrazone groups is 1. The van der Waals surface area contributed by atoms with Crippen molar-refractivity contribution in [3.63, 3.8) is 0 Å². The van der Waals surface area contributed by atoms with Gasteiger partial charge in [-0.3, -0.25) is 4.79 Å². The highest BCUT2D eigenvalue weighted by Crippen LogP contribution is 2.21. The Morgan fingerprint density at radius 2 is 2.00 bits per heavy atom. The predicted molar refractivity (Wildman–Crippen MR) is 89.2 cm³/mol. The summed E-state index contributed by atoms with van der Waals surface area (Å²) in [4.78, 5) is 11.7. The van der Waals surface area contributed by atoms with Crippen LogP contribution in [0, 0.1) is 20.8 Å². The molecule has 0 saturated carbocycles. The van der Waals surface area contributed by atoms with Crippen molar-refractivity contribution in [1.29, 1.82) is 0 Å². The Morgan fingerprint density at radius 3 is 2.62 bits per heavy atom. The molecule has 110 valence electrons. The molecule has 2 aromatic rings. The number of hydrogen-bond acceptors (Lipinski definition) is 4. The fraction of sp³-hybridized carbons (Fsp3) is 0.250. The van der Waals surface area contributed by atoms with Crippen LogP contribution in [0.4, 0.5) is 5.69 Å². The Balaban J connectivity index is 1.87. The molecule has 1 aromatic carbocycles. The zero-order valence-corrected chi connectivity index (χ0v) is 13.3. The van der Waals surface area contributed by atoms with E-state index < -0.39 is 0 Å². The maximum absolute atomic E-state index is 11.7. The minimum absolute atomic E-state index is 0.166. The number of amides is 1. The maximum atomic E-state index is 11.7. The summed E-state index contributed by atoms with van der Waals surface area (Å²) in [5, 5.41) is 11.0. The van der Waals surface area contributed by atoms with Crippen LogP contribution >= 0.6 is 11.3 Å². The van der Waals surface area contributed by atoms with Crippen molar-refractivity contribution in [3.8, 4) is 0 Å². The van der Waals surface area contributed by atoms with Crippen molar-refractivity contribution in [1.82, 2.24) is 5.43 Å². The number of benzene rings is 1. The van der Waals surface area contributed by atoms with E-state index in [4.69, 9.17) is 0 Å². The lowest BCUT2D eigenvalue weighted by Gasteiger charge is -2.13. The number of aryl methyl sites for hydroxylation is 3. The molecule has 4 nitrogen and oxygen atoms in total. The van der Waals surface area contributed by atoms with E-state index in [0.717, 1.165) is 22.4 Å². The topological polar surface area (TPSA) is 53.5 Å². The van der Waals surface area contributed by atoms with Gasteiger partial charge < -0.3 is 5.32 Å². The van der Waals surface area contributed by atoms with E-state index in [1.165, 1.54) is 5.56 Å². The minimum atomic E-state index is -0.166. The Morgan fingerprint density at radius 1 is 1.29 bits per heavy atom. The second-order valence-corrected chi connectivity index (χ2v) is 5.76. The molecule has 0 unspecified atom stereocenters. The lowest BCUT2D eigenvalue weighted by atomic mass is 10.1. The zero-order valence-electron chi connectivity index (χ0n) is 12.4. The van der Waals surface area contributed by atoms with Crippen molar-refractivity contribution in [3.05, 3.63) is 51.2 Å². The van der Waals surface area contributed by atoms with Crippen molar-refractivity contribution in [2.24, 2.45) is 5.10 Å². The molecule has 1 amide bonds. The number of hydrogen-bond donors (Lipinski definition) is 2. The third-order valence-electron chi connectivity index (χ3n) is 3.05. The number of carbonyl (C=O) groups excluding carboxylic acids is 1. The Bertz CT molecular complexity index is 625. The molecule has 0 atom stereocenters. The quantitative estimate of drug-likeness (QED) is 0.658. The van der Waals surface area contributed by atoms with E-state index in [2.05, 4.69) is 34.9 Å². The molecule has 2 rings (SSSR count). The van der Waals surface area contributed by atoms with Crippen LogP contribution in [0.2, 0.25) is 0 Å². The van der Waals surface area contributed by atoms with Gasteiger partial charge in [0.15, 0.2) is 0 Å². The van der Waals surface area contributed by atoms with Gasteiger partial charge >= 0.3 is 0 Å². The Labute approximate surface area is 128 Å². The van der Waals surface area contributed by atoms with Crippen LogP contribution in [-0.4, -0.2) is 18.7 Å². The second-order valence-electron chi connectivity index (χ2n) is 4.98. The van der Waals surface area contributed by atoms with Gasteiger partial charge in [-0.15, -0.1) is 0 Å². The van der Waals surface area contributed by atoms with Gasteiger partial charge in [0.2, 0.25) is 0 Å². The monoisotopic (exact) mass is 301 g/mol. The number of carbonyl (C=O) groups is 1. The molecular weight excluding hydrogens is 282 g/mol. The first-order valence-electron chi connectivity index (χ1n) is 6.72. The number of nitrogens with zero attached hydrogens (tertiary/aromatic N) is 1. The largest absolute Gasteiger partial charge is 0.376 e. The van der Waals surface area contributed by atoms with Gasteiger partial charge in [-0.2, -0.15) is 16.4 Å². The van der Waals surface area contributed by atoms with Crippen molar-refractivity contribution in [2.75, 3.05) is 11.9 Å². The van der Waals surface area contributed by atoms with E-state index in [0.29, 0.717) is 0 Å². The Kier molecular flexibility index (Phi) is 5.11. The summed E-state index contributed by atoms with van der Waals surface area (Å²) in [6, 6.07) is 6.14. The summed E-state index contributed by atoms with van der Waals surface area (Å²) in [5.74, 6) is -0.166. The second kappa shape index (κ2) is 7.04. The van der Waals surface area contributed by atoms with Gasteiger partial charge in [-0.05, 0) is 48.7 Å². The summed E-state index contributed by atoms with van der Waals surface area (Å²) in [7, 11) is 0. The van der Waals surface area contributed by atoms with E-state index >= 15 is 0 Å². The normalized spacial score (nSPS) is 10.8. The molecule has 0 radical (unpaired) electrons. The molecule has 21 heavy (non-hydrogen) atoms. The molecule has 5 heteroatoms. The molecule has 0 spiro atoms. The third kappa shape index (κ3) is 4.43. The highest BCUT2D eigenvalue weighted by molar-refractivity contribution is 7.08. The SMILES string of the molecule is Cc1cc(C)c(NCC(=O)N/N=C\c2ccsc2)c(C)c1. The van der Waals surface area contributed by atoms with E-state index in [1.54, 1.807) is 17.6 Å². The first kappa shape index (κ1) is 15.3. The van der Waals surface area contributed by atoms with Gasteiger partial charge in [-0.25, -0.2) is 5.43 Å². The van der Waals surface area contributed by atoms with Gasteiger partial charge in [0.25, 0.3) is 5.91 Å². The van der Waals surface area contributed by atoms with Crippen LogP contribution in [0.1, 0.15) is 22.3 Å². The fourth-order valence-electron chi connectivity index (χ4n) is 2.19. The van der Waals surface area contributed by atoms with Crippen molar-refractivity contribution < 1.29 is 4.79 Å². The fourth-order valence-corrected chi connectivity index (χ4v) is 2.81. The summed E-state index contributed by atoms with van der Waals surface area (Å²) in [5.41, 5.74) is 8.01. The highest BCUT2D eigenvalue weighted by Gasteiger charge is 2.05. The summed E-state index contributed by atoms with van der Waals surface area (Å²) >= 11 is 1.59. The maximum Gasteiger partial charge on any atom is 0.259 e. The zero-order chi connectivity index (χ0) is 15.2. The van der Waals surface area contributed by atoms with Crippen LogP contribution in [0.25, 0.3) is 0 Å². The third-order valence-corrected chi connectivity index (χ3v) is 3.75. The molecule has 1 aromatic heterocycles. The van der Waals surface area contributed by atoms with Crippen LogP contribution in [0.5, 0.6) is 0 Å². The molecule has 0 bridgehead atoms. The molecule has 0 aliphatic heterocycles. The number of nitrogens with one attached hydrogen (secondary N) is 2. The molecule has 0 saturated heterocycles. The first-order valence-corrected chi connectivity index (χ1v) is 7.66. The molecule has 0 aliphatic carbocycles. The lowest BCUT2D eigenvalue weighted by molar-refractivity contribution is -0.119. The van der Waals surface area contributed by atoms with Crippen LogP contribution in [-0.2, 0) is 4.79 Å². The molecule has 1 heterocycles. The average molecular weight is 301 g/mol. The van der Waals surface area contributed by atoms with Gasteiger partial charge in [0.05, 0.1) is 12.8 Å². The first-order chi connectivity index (χ1) is 10.1. The molecular formula is C16H19N3OS. The van der Waals surface area contributed by atoms with Gasteiger partial charge in [-0.1, -0.05) is 17.7 Å². The standard InChI is InChI=1S/C16H19N3OS/c1-11-6-12(2)16(13(3)7-11)17-9-15(20)19-18-8-14-4-5-21-10-14/h4-8,10,17H,9H2,1-3H3,(H,19,20)/b18-8-. The van der Waals surface area contributed by atoms with E-state index in [9.17, 15) is 4.79 Å².